The molecule has 0 aromatic carbocycles. The predicted molar refractivity (Wildman–Crippen MR) is 64.0 cm³/mol. The highest BCUT2D eigenvalue weighted by Crippen LogP contribution is 2.03. The number of hydrogen-bond donors (Lipinski definition) is 0. The highest BCUT2D eigenvalue weighted by Gasteiger charge is 2.15. The molecule has 0 aromatic rings. The second-order valence-corrected chi connectivity index (χ2v) is 4.24. The van der Waals surface area contributed by atoms with Crippen molar-refractivity contribution >= 4 is 0 Å². The average Bonchev–Trinajstić information content (AvgIpc) is 2.28. The Bertz CT molecular complexity index is 145. The third kappa shape index (κ3) is 5.50. The summed E-state index contributed by atoms with van der Waals surface area (Å²) in [5, 5.41) is 0. The molecule has 0 saturated carbocycles. The molecule has 0 aromatic heterocycles. The summed E-state index contributed by atoms with van der Waals surface area (Å²) in [5.74, 6) is 0. The fourth-order valence-electron chi connectivity index (χ4n) is 2.00. The van der Waals surface area contributed by atoms with Crippen LogP contribution < -0.4 is 0 Å². The van der Waals surface area contributed by atoms with Crippen LogP contribution in [-0.2, 0) is 4.74 Å². The minimum atomic E-state index is 0.891. The summed E-state index contributed by atoms with van der Waals surface area (Å²) in [6.07, 6.45) is 3.47. The van der Waals surface area contributed by atoms with Crippen LogP contribution in [0, 0.1) is 6.92 Å². The van der Waals surface area contributed by atoms with Gasteiger partial charge in [0.1, 0.15) is 0 Å². The van der Waals surface area contributed by atoms with Gasteiger partial charge in [-0.05, 0) is 19.4 Å². The predicted octanol–water partition coefficient (Wildman–Crippen LogP) is 1.25. The zero-order chi connectivity index (χ0) is 10.9. The first-order valence-corrected chi connectivity index (χ1v) is 6.09. The van der Waals surface area contributed by atoms with Gasteiger partial charge >= 0.3 is 0 Å². The van der Waals surface area contributed by atoms with Gasteiger partial charge < -0.3 is 14.5 Å². The van der Waals surface area contributed by atoms with E-state index in [9.17, 15) is 0 Å². The minimum absolute atomic E-state index is 0.891. The van der Waals surface area contributed by atoms with Crippen LogP contribution in [0.2, 0.25) is 0 Å². The maximum atomic E-state index is 5.06. The number of rotatable bonds is 7. The van der Waals surface area contributed by atoms with Gasteiger partial charge in [0, 0.05) is 46.4 Å². The molecule has 0 spiro atoms. The van der Waals surface area contributed by atoms with Gasteiger partial charge in [0.15, 0.2) is 0 Å². The molecule has 0 bridgehead atoms. The van der Waals surface area contributed by atoms with Gasteiger partial charge in [-0.15, -0.1) is 0 Å². The number of methoxy groups -OCH3 is 1. The van der Waals surface area contributed by atoms with E-state index in [2.05, 4.69) is 16.7 Å². The highest BCUT2D eigenvalue weighted by atomic mass is 16.5. The Labute approximate surface area is 94.4 Å². The summed E-state index contributed by atoms with van der Waals surface area (Å²) in [6.45, 7) is 12.1. The lowest BCUT2D eigenvalue weighted by molar-refractivity contribution is 0.116. The number of nitrogens with zero attached hydrogens (tertiary/aromatic N) is 2. The highest BCUT2D eigenvalue weighted by molar-refractivity contribution is 4.71. The van der Waals surface area contributed by atoms with Crippen LogP contribution in [0.25, 0.3) is 0 Å². The fraction of sp³-hybridized carbons (Fsp3) is 0.917. The lowest BCUT2D eigenvalue weighted by Crippen LogP contribution is -2.46. The van der Waals surface area contributed by atoms with Crippen molar-refractivity contribution in [2.75, 3.05) is 53.0 Å². The summed E-state index contributed by atoms with van der Waals surface area (Å²) in [7, 11) is 1.77. The number of piperazine rings is 1. The fourth-order valence-corrected chi connectivity index (χ4v) is 2.00. The van der Waals surface area contributed by atoms with Gasteiger partial charge in [-0.25, -0.2) is 0 Å². The van der Waals surface area contributed by atoms with Gasteiger partial charge in [-0.3, -0.25) is 0 Å². The SMILES string of the molecule is [CH2]CCCN1CCN(CCCOC)CC1. The number of hydrogen-bond acceptors (Lipinski definition) is 3. The number of unbranched alkanes of at least 4 members (excludes halogenated alkanes) is 1. The Morgan fingerprint density at radius 1 is 1.00 bits per heavy atom. The van der Waals surface area contributed by atoms with Crippen LogP contribution in [0.5, 0.6) is 0 Å². The first-order valence-electron chi connectivity index (χ1n) is 6.09. The Morgan fingerprint density at radius 2 is 1.53 bits per heavy atom. The van der Waals surface area contributed by atoms with E-state index in [1.165, 1.54) is 45.7 Å². The molecule has 0 amide bonds. The van der Waals surface area contributed by atoms with Crippen LogP contribution >= 0.6 is 0 Å². The Hall–Kier alpha value is -0.120. The van der Waals surface area contributed by atoms with E-state index in [4.69, 9.17) is 4.74 Å². The van der Waals surface area contributed by atoms with E-state index in [1.807, 2.05) is 0 Å². The van der Waals surface area contributed by atoms with Crippen molar-refractivity contribution in [1.29, 1.82) is 0 Å². The van der Waals surface area contributed by atoms with Crippen LogP contribution in [0.4, 0.5) is 0 Å². The lowest BCUT2D eigenvalue weighted by Gasteiger charge is -2.34. The van der Waals surface area contributed by atoms with Crippen molar-refractivity contribution < 1.29 is 4.74 Å². The second-order valence-electron chi connectivity index (χ2n) is 4.24. The molecule has 0 unspecified atom stereocenters. The molecule has 1 radical (unpaired) electrons. The molecule has 1 heterocycles. The maximum Gasteiger partial charge on any atom is 0.0474 e. The van der Waals surface area contributed by atoms with Crippen molar-refractivity contribution in [1.82, 2.24) is 9.80 Å². The van der Waals surface area contributed by atoms with Crippen LogP contribution in [0.3, 0.4) is 0 Å². The Kier molecular flexibility index (Phi) is 6.98. The van der Waals surface area contributed by atoms with E-state index in [-0.39, 0.29) is 0 Å². The molecule has 1 saturated heterocycles. The summed E-state index contributed by atoms with van der Waals surface area (Å²) in [4.78, 5) is 5.09. The molecule has 0 aliphatic carbocycles. The normalized spacial score (nSPS) is 19.6. The molecule has 1 aliphatic rings. The van der Waals surface area contributed by atoms with Crippen LogP contribution in [0.1, 0.15) is 19.3 Å². The van der Waals surface area contributed by atoms with E-state index < -0.39 is 0 Å². The Balaban J connectivity index is 2.02. The molecule has 1 aliphatic heterocycles. The molecule has 0 atom stereocenters. The minimum Gasteiger partial charge on any atom is -0.385 e. The molecular formula is C12H25N2O. The third-order valence-corrected chi connectivity index (χ3v) is 3.01. The molecular weight excluding hydrogens is 188 g/mol. The lowest BCUT2D eigenvalue weighted by atomic mass is 10.2. The third-order valence-electron chi connectivity index (χ3n) is 3.01. The van der Waals surface area contributed by atoms with E-state index in [1.54, 1.807) is 7.11 Å². The van der Waals surface area contributed by atoms with Gasteiger partial charge in [-0.1, -0.05) is 13.3 Å². The average molecular weight is 213 g/mol. The largest absolute Gasteiger partial charge is 0.385 e. The zero-order valence-corrected chi connectivity index (χ0v) is 10.1. The smallest absolute Gasteiger partial charge is 0.0474 e. The first-order chi connectivity index (χ1) is 7.36. The van der Waals surface area contributed by atoms with Crippen LogP contribution in [0.15, 0.2) is 0 Å². The number of ether oxygens (including phenoxy) is 1. The summed E-state index contributed by atoms with van der Waals surface area (Å²) >= 11 is 0. The second kappa shape index (κ2) is 8.08. The van der Waals surface area contributed by atoms with Crippen LogP contribution in [-0.4, -0.2) is 62.8 Å². The summed E-state index contributed by atoms with van der Waals surface area (Å²) < 4.78 is 5.06. The molecule has 1 fully saturated rings. The Morgan fingerprint density at radius 3 is 2.00 bits per heavy atom. The monoisotopic (exact) mass is 213 g/mol. The maximum absolute atomic E-state index is 5.06. The molecule has 89 valence electrons. The quantitative estimate of drug-likeness (QED) is 0.592. The van der Waals surface area contributed by atoms with Crippen molar-refractivity contribution in [3.8, 4) is 0 Å². The summed E-state index contributed by atoms with van der Waals surface area (Å²) in [6, 6.07) is 0. The zero-order valence-electron chi connectivity index (χ0n) is 10.1. The first kappa shape index (κ1) is 12.9. The molecule has 3 nitrogen and oxygen atoms in total. The van der Waals surface area contributed by atoms with Gasteiger partial charge in [0.05, 0.1) is 0 Å². The standard InChI is InChI=1S/C12H25N2O/c1-3-4-6-13-8-10-14(11-9-13)7-5-12-15-2/h1,3-12H2,2H3. The van der Waals surface area contributed by atoms with Crippen molar-refractivity contribution in [3.05, 3.63) is 6.92 Å². The summed E-state index contributed by atoms with van der Waals surface area (Å²) in [5.41, 5.74) is 0. The van der Waals surface area contributed by atoms with E-state index in [0.717, 1.165) is 19.4 Å². The van der Waals surface area contributed by atoms with Gasteiger partial charge in [0.2, 0.25) is 0 Å². The van der Waals surface area contributed by atoms with Crippen molar-refractivity contribution in [2.45, 2.75) is 19.3 Å². The molecule has 1 rings (SSSR count). The van der Waals surface area contributed by atoms with Gasteiger partial charge in [0.25, 0.3) is 0 Å². The van der Waals surface area contributed by atoms with E-state index >= 15 is 0 Å². The van der Waals surface area contributed by atoms with E-state index in [0.29, 0.717) is 0 Å². The molecule has 0 N–H and O–H groups in total. The van der Waals surface area contributed by atoms with Gasteiger partial charge in [-0.2, -0.15) is 0 Å². The van der Waals surface area contributed by atoms with Crippen molar-refractivity contribution in [3.63, 3.8) is 0 Å². The molecule has 15 heavy (non-hydrogen) atoms. The topological polar surface area (TPSA) is 15.7 Å². The van der Waals surface area contributed by atoms with Crippen molar-refractivity contribution in [2.24, 2.45) is 0 Å². The molecule has 3 heteroatoms.